The van der Waals surface area contributed by atoms with Crippen molar-refractivity contribution < 1.29 is 22.7 Å². The first-order valence-corrected chi connectivity index (χ1v) is 8.29. The van der Waals surface area contributed by atoms with Gasteiger partial charge in [0.05, 0.1) is 6.54 Å². The molecule has 2 rings (SSSR count). The normalized spacial score (nSPS) is 10.7. The molecule has 0 bridgehead atoms. The monoisotopic (exact) mass is 366 g/mol. The number of rotatable bonds is 9. The number of nitrogens with one attached hydrogen (secondary N) is 1. The number of ether oxygens (including phenoxy) is 1. The highest BCUT2D eigenvalue weighted by molar-refractivity contribution is 5.81. The number of benzene rings is 2. The van der Waals surface area contributed by atoms with Gasteiger partial charge in [0.25, 0.3) is 0 Å². The van der Waals surface area contributed by atoms with E-state index >= 15 is 0 Å². The van der Waals surface area contributed by atoms with E-state index in [0.29, 0.717) is 25.2 Å². The molecule has 2 aromatic rings. The van der Waals surface area contributed by atoms with Crippen molar-refractivity contribution in [3.63, 3.8) is 0 Å². The van der Waals surface area contributed by atoms with Crippen LogP contribution in [-0.4, -0.2) is 32.2 Å². The third-order valence-corrected chi connectivity index (χ3v) is 3.77. The number of carbonyl (C=O) groups is 1. The van der Waals surface area contributed by atoms with Crippen LogP contribution in [-0.2, 0) is 11.2 Å². The number of alkyl halides is 2. The Bertz CT molecular complexity index is 708. The molecule has 0 heterocycles. The lowest BCUT2D eigenvalue weighted by atomic mass is 10.1. The van der Waals surface area contributed by atoms with Crippen molar-refractivity contribution in [2.75, 3.05) is 24.5 Å². The third kappa shape index (κ3) is 6.31. The van der Waals surface area contributed by atoms with Gasteiger partial charge in [0.1, 0.15) is 11.6 Å². The summed E-state index contributed by atoms with van der Waals surface area (Å²) in [6.07, 6.45) is 0.562. The molecule has 0 aliphatic heterocycles. The molecule has 7 heteroatoms. The summed E-state index contributed by atoms with van der Waals surface area (Å²) in [5, 5.41) is 2.80. The molecule has 1 amide bonds. The number of amides is 1. The summed E-state index contributed by atoms with van der Waals surface area (Å²) >= 11 is 0. The van der Waals surface area contributed by atoms with E-state index in [1.807, 2.05) is 6.92 Å². The Morgan fingerprint density at radius 3 is 2.54 bits per heavy atom. The van der Waals surface area contributed by atoms with Crippen LogP contribution in [0, 0.1) is 5.82 Å². The van der Waals surface area contributed by atoms with Gasteiger partial charge >= 0.3 is 6.61 Å². The van der Waals surface area contributed by atoms with Gasteiger partial charge in [-0.1, -0.05) is 18.2 Å². The molecule has 0 radical (unpaired) electrons. The zero-order valence-corrected chi connectivity index (χ0v) is 14.4. The summed E-state index contributed by atoms with van der Waals surface area (Å²) in [5.74, 6) is -0.421. The van der Waals surface area contributed by atoms with Crippen molar-refractivity contribution in [2.45, 2.75) is 20.0 Å². The Hall–Kier alpha value is -2.70. The highest BCUT2D eigenvalue weighted by Gasteiger charge is 2.10. The van der Waals surface area contributed by atoms with Crippen LogP contribution < -0.4 is 15.0 Å². The number of halogens is 3. The molecule has 0 aliphatic carbocycles. The topological polar surface area (TPSA) is 41.6 Å². The Morgan fingerprint density at radius 2 is 1.92 bits per heavy atom. The first kappa shape index (κ1) is 19.6. The summed E-state index contributed by atoms with van der Waals surface area (Å²) in [6, 6.07) is 12.4. The van der Waals surface area contributed by atoms with E-state index in [2.05, 4.69) is 10.1 Å². The van der Waals surface area contributed by atoms with Crippen molar-refractivity contribution in [2.24, 2.45) is 0 Å². The molecule has 0 saturated heterocycles. The summed E-state index contributed by atoms with van der Waals surface area (Å²) in [4.78, 5) is 13.9. The summed E-state index contributed by atoms with van der Waals surface area (Å²) in [6.45, 7) is 0.152. The molecule has 1 N–H and O–H groups in total. The minimum atomic E-state index is -2.85. The SMILES string of the molecule is CCN(CC(=O)NCCc1ccc(OC(F)F)cc1)c1cccc(F)c1. The van der Waals surface area contributed by atoms with Gasteiger partial charge in [-0.2, -0.15) is 8.78 Å². The van der Waals surface area contributed by atoms with Crippen molar-refractivity contribution in [1.29, 1.82) is 0 Å². The molecule has 0 fully saturated rings. The van der Waals surface area contributed by atoms with Crippen molar-refractivity contribution >= 4 is 11.6 Å². The standard InChI is InChI=1S/C19H21F3N2O2/c1-2-24(16-5-3-4-15(20)12-16)13-18(25)23-11-10-14-6-8-17(9-7-14)26-19(21)22/h3-9,12,19H,2,10-11,13H2,1H3,(H,23,25). The smallest absolute Gasteiger partial charge is 0.387 e. The van der Waals surface area contributed by atoms with E-state index in [0.717, 1.165) is 5.56 Å². The van der Waals surface area contributed by atoms with Crippen LogP contribution in [0.4, 0.5) is 18.9 Å². The number of hydrogen-bond donors (Lipinski definition) is 1. The molecule has 0 unspecified atom stereocenters. The molecular weight excluding hydrogens is 345 g/mol. The Morgan fingerprint density at radius 1 is 1.19 bits per heavy atom. The first-order valence-electron chi connectivity index (χ1n) is 8.29. The van der Waals surface area contributed by atoms with Crippen LogP contribution in [0.15, 0.2) is 48.5 Å². The predicted octanol–water partition coefficient (Wildman–Crippen LogP) is 3.61. The second kappa shape index (κ2) is 9.70. The van der Waals surface area contributed by atoms with E-state index in [-0.39, 0.29) is 24.0 Å². The summed E-state index contributed by atoms with van der Waals surface area (Å²) in [5.41, 5.74) is 1.54. The lowest BCUT2D eigenvalue weighted by Gasteiger charge is -2.22. The zero-order chi connectivity index (χ0) is 18.9. The minimum absolute atomic E-state index is 0.0986. The average molecular weight is 366 g/mol. The lowest BCUT2D eigenvalue weighted by Crippen LogP contribution is -2.38. The van der Waals surface area contributed by atoms with Gasteiger partial charge in [-0.15, -0.1) is 0 Å². The van der Waals surface area contributed by atoms with E-state index in [9.17, 15) is 18.0 Å². The summed E-state index contributed by atoms with van der Waals surface area (Å²) in [7, 11) is 0. The molecular formula is C19H21F3N2O2. The van der Waals surface area contributed by atoms with E-state index in [1.165, 1.54) is 24.3 Å². The van der Waals surface area contributed by atoms with Crippen LogP contribution in [0.25, 0.3) is 0 Å². The maximum atomic E-state index is 13.3. The molecule has 4 nitrogen and oxygen atoms in total. The molecule has 140 valence electrons. The minimum Gasteiger partial charge on any atom is -0.435 e. The number of carbonyl (C=O) groups excluding carboxylic acids is 1. The fourth-order valence-corrected chi connectivity index (χ4v) is 2.47. The van der Waals surface area contributed by atoms with Gasteiger partial charge in [-0.3, -0.25) is 4.79 Å². The maximum Gasteiger partial charge on any atom is 0.387 e. The quantitative estimate of drug-likeness (QED) is 0.737. The second-order valence-electron chi connectivity index (χ2n) is 5.62. The number of hydrogen-bond acceptors (Lipinski definition) is 3. The maximum absolute atomic E-state index is 13.3. The number of nitrogens with zero attached hydrogens (tertiary/aromatic N) is 1. The van der Waals surface area contributed by atoms with Crippen LogP contribution >= 0.6 is 0 Å². The van der Waals surface area contributed by atoms with Crippen molar-refractivity contribution in [3.05, 3.63) is 59.9 Å². The zero-order valence-electron chi connectivity index (χ0n) is 14.4. The van der Waals surface area contributed by atoms with Crippen LogP contribution in [0.5, 0.6) is 5.75 Å². The van der Waals surface area contributed by atoms with Gasteiger partial charge in [-0.05, 0) is 49.2 Å². The molecule has 0 atom stereocenters. The molecule has 2 aromatic carbocycles. The fourth-order valence-electron chi connectivity index (χ4n) is 2.47. The molecule has 0 aliphatic rings. The largest absolute Gasteiger partial charge is 0.435 e. The Labute approximate surface area is 150 Å². The first-order chi connectivity index (χ1) is 12.5. The van der Waals surface area contributed by atoms with Crippen LogP contribution in [0.2, 0.25) is 0 Å². The van der Waals surface area contributed by atoms with Gasteiger partial charge in [0.2, 0.25) is 5.91 Å². The molecule has 0 aromatic heterocycles. The molecule has 0 saturated carbocycles. The second-order valence-corrected chi connectivity index (χ2v) is 5.62. The van der Waals surface area contributed by atoms with Gasteiger partial charge in [0.15, 0.2) is 0 Å². The van der Waals surface area contributed by atoms with Gasteiger partial charge in [0, 0.05) is 18.8 Å². The number of likely N-dealkylation sites (N-methyl/N-ethyl adjacent to an activating group) is 1. The van der Waals surface area contributed by atoms with E-state index in [4.69, 9.17) is 0 Å². The van der Waals surface area contributed by atoms with E-state index < -0.39 is 6.61 Å². The van der Waals surface area contributed by atoms with E-state index in [1.54, 1.807) is 29.2 Å². The Balaban J connectivity index is 1.79. The van der Waals surface area contributed by atoms with Crippen LogP contribution in [0.1, 0.15) is 12.5 Å². The highest BCUT2D eigenvalue weighted by atomic mass is 19.3. The summed E-state index contributed by atoms with van der Waals surface area (Å²) < 4.78 is 41.8. The Kier molecular flexibility index (Phi) is 7.32. The highest BCUT2D eigenvalue weighted by Crippen LogP contribution is 2.16. The fraction of sp³-hybridized carbons (Fsp3) is 0.316. The predicted molar refractivity (Wildman–Crippen MR) is 94.1 cm³/mol. The lowest BCUT2D eigenvalue weighted by molar-refractivity contribution is -0.119. The van der Waals surface area contributed by atoms with Gasteiger partial charge < -0.3 is 15.0 Å². The molecule has 0 spiro atoms. The van der Waals surface area contributed by atoms with Crippen LogP contribution in [0.3, 0.4) is 0 Å². The number of anilines is 1. The average Bonchev–Trinajstić information content (AvgIpc) is 2.60. The van der Waals surface area contributed by atoms with Crippen molar-refractivity contribution in [1.82, 2.24) is 5.32 Å². The third-order valence-electron chi connectivity index (χ3n) is 3.77. The van der Waals surface area contributed by atoms with Gasteiger partial charge in [-0.25, -0.2) is 4.39 Å². The molecule has 26 heavy (non-hydrogen) atoms. The van der Waals surface area contributed by atoms with Crippen molar-refractivity contribution in [3.8, 4) is 5.75 Å².